The molecule has 1 atom stereocenters. The summed E-state index contributed by atoms with van der Waals surface area (Å²) < 4.78 is 5.84. The molecule has 0 amide bonds. The molecule has 1 aliphatic heterocycles. The number of aliphatic hydroxyl groups excluding tert-OH is 1. The number of aliphatic hydroxyl groups is 1. The molecule has 1 heterocycles. The molecule has 0 aromatic carbocycles. The lowest BCUT2D eigenvalue weighted by Crippen LogP contribution is -2.60. The summed E-state index contributed by atoms with van der Waals surface area (Å²) in [5, 5.41) is 10.4. The van der Waals surface area contributed by atoms with Crippen LogP contribution >= 0.6 is 0 Å². The fraction of sp³-hybridized carbons (Fsp3) is 1.00. The van der Waals surface area contributed by atoms with Crippen molar-refractivity contribution >= 4 is 0 Å². The number of hydrogen-bond acceptors (Lipinski definition) is 3. The molecule has 3 heteroatoms. The van der Waals surface area contributed by atoms with Crippen LogP contribution in [0.4, 0.5) is 0 Å². The average Bonchev–Trinajstić information content (AvgIpc) is 2.31. The Morgan fingerprint density at radius 1 is 1.15 bits per heavy atom. The lowest BCUT2D eigenvalue weighted by atomic mass is 9.79. The largest absolute Gasteiger partial charge is 0.389 e. The molecule has 1 rings (SSSR count). The van der Waals surface area contributed by atoms with Crippen molar-refractivity contribution in [2.24, 2.45) is 0 Å². The van der Waals surface area contributed by atoms with Gasteiger partial charge in [-0.15, -0.1) is 0 Å². The molecule has 0 saturated carbocycles. The second-order valence-electron chi connectivity index (χ2n) is 8.17. The Morgan fingerprint density at radius 2 is 1.65 bits per heavy atom. The van der Waals surface area contributed by atoms with Gasteiger partial charge in [-0.3, -0.25) is 4.90 Å². The number of likely N-dealkylation sites (tertiary alicyclic amines) is 1. The predicted molar refractivity (Wildman–Crippen MR) is 85.0 cm³/mol. The van der Waals surface area contributed by atoms with E-state index in [0.29, 0.717) is 13.2 Å². The first-order valence-electron chi connectivity index (χ1n) is 8.10. The highest BCUT2D eigenvalue weighted by molar-refractivity contribution is 4.97. The molecule has 0 aromatic rings. The fourth-order valence-electron chi connectivity index (χ4n) is 3.22. The van der Waals surface area contributed by atoms with Crippen LogP contribution in [0.1, 0.15) is 74.1 Å². The van der Waals surface area contributed by atoms with Gasteiger partial charge in [-0.1, -0.05) is 6.92 Å². The quantitative estimate of drug-likeness (QED) is 0.809. The first kappa shape index (κ1) is 17.9. The molecule has 1 saturated heterocycles. The summed E-state index contributed by atoms with van der Waals surface area (Å²) >= 11 is 0. The van der Waals surface area contributed by atoms with Crippen LogP contribution in [0.5, 0.6) is 0 Å². The first-order valence-corrected chi connectivity index (χ1v) is 8.10. The van der Waals surface area contributed by atoms with Crippen LogP contribution in [-0.4, -0.2) is 45.9 Å². The van der Waals surface area contributed by atoms with E-state index in [1.54, 1.807) is 0 Å². The summed E-state index contributed by atoms with van der Waals surface area (Å²) in [4.78, 5) is 2.47. The van der Waals surface area contributed by atoms with Crippen LogP contribution < -0.4 is 0 Å². The van der Waals surface area contributed by atoms with Gasteiger partial charge < -0.3 is 9.84 Å². The second-order valence-corrected chi connectivity index (χ2v) is 8.17. The third-order valence-corrected chi connectivity index (χ3v) is 4.95. The minimum absolute atomic E-state index is 0.145. The molecule has 0 bridgehead atoms. The van der Waals surface area contributed by atoms with Crippen molar-refractivity contribution < 1.29 is 9.84 Å². The number of piperidine rings is 1. The number of ether oxygens (including phenoxy) is 1. The van der Waals surface area contributed by atoms with Crippen LogP contribution in [0.25, 0.3) is 0 Å². The highest BCUT2D eigenvalue weighted by Crippen LogP contribution is 2.38. The van der Waals surface area contributed by atoms with Gasteiger partial charge in [0, 0.05) is 17.6 Å². The zero-order chi connectivity index (χ0) is 15.6. The molecule has 0 spiro atoms. The van der Waals surface area contributed by atoms with E-state index in [9.17, 15) is 5.11 Å². The second kappa shape index (κ2) is 6.33. The Morgan fingerprint density at radius 3 is 2.10 bits per heavy atom. The van der Waals surface area contributed by atoms with E-state index in [1.807, 2.05) is 0 Å². The monoisotopic (exact) mass is 285 g/mol. The maximum absolute atomic E-state index is 10.4. The Balaban J connectivity index is 2.60. The van der Waals surface area contributed by atoms with E-state index in [2.05, 4.69) is 53.4 Å². The fourth-order valence-corrected chi connectivity index (χ4v) is 3.22. The molecule has 3 nitrogen and oxygen atoms in total. The predicted octanol–water partition coefficient (Wildman–Crippen LogP) is 3.60. The first-order chi connectivity index (χ1) is 9.00. The summed E-state index contributed by atoms with van der Waals surface area (Å²) in [5.41, 5.74) is 0.167. The highest BCUT2D eigenvalue weighted by atomic mass is 16.5. The van der Waals surface area contributed by atoms with E-state index >= 15 is 0 Å². The van der Waals surface area contributed by atoms with E-state index in [4.69, 9.17) is 4.74 Å². The summed E-state index contributed by atoms with van der Waals surface area (Å²) in [6.07, 6.45) is 4.21. The van der Waals surface area contributed by atoms with E-state index in [-0.39, 0.29) is 16.7 Å². The molecule has 120 valence electrons. The van der Waals surface area contributed by atoms with Gasteiger partial charge in [0.2, 0.25) is 0 Å². The van der Waals surface area contributed by atoms with Crippen molar-refractivity contribution in [1.82, 2.24) is 4.90 Å². The van der Waals surface area contributed by atoms with Crippen molar-refractivity contribution in [2.45, 2.75) is 96.9 Å². The van der Waals surface area contributed by atoms with Crippen molar-refractivity contribution in [3.63, 3.8) is 0 Å². The molecule has 0 aliphatic carbocycles. The minimum atomic E-state index is -0.419. The standard InChI is InChI=1S/C17H35NO2/c1-8-17(6,7)20-13-14(19)12-18-15(2,3)10-9-11-16(18,4)5/h14,19H,8-13H2,1-7H3/t14-/m0/s1. The highest BCUT2D eigenvalue weighted by Gasteiger charge is 2.41. The maximum atomic E-state index is 10.4. The zero-order valence-corrected chi connectivity index (χ0v) is 14.6. The van der Waals surface area contributed by atoms with Gasteiger partial charge in [-0.05, 0) is 67.2 Å². The number of nitrogens with zero attached hydrogens (tertiary/aromatic N) is 1. The van der Waals surface area contributed by atoms with Gasteiger partial charge in [0.1, 0.15) is 0 Å². The van der Waals surface area contributed by atoms with Gasteiger partial charge in [0.15, 0.2) is 0 Å². The van der Waals surface area contributed by atoms with Crippen LogP contribution in [0.2, 0.25) is 0 Å². The minimum Gasteiger partial charge on any atom is -0.389 e. The van der Waals surface area contributed by atoms with E-state index in [1.165, 1.54) is 19.3 Å². The molecule has 20 heavy (non-hydrogen) atoms. The summed E-state index contributed by atoms with van der Waals surface area (Å²) in [6.45, 7) is 16.5. The SMILES string of the molecule is CCC(C)(C)OC[C@@H](O)CN1C(C)(C)CCCC1(C)C. The van der Waals surface area contributed by atoms with Gasteiger partial charge in [0.05, 0.1) is 18.3 Å². The molecule has 0 radical (unpaired) electrons. The number of rotatable bonds is 6. The molecule has 0 aromatic heterocycles. The molecule has 1 aliphatic rings. The van der Waals surface area contributed by atoms with Crippen LogP contribution in [0.3, 0.4) is 0 Å². The topological polar surface area (TPSA) is 32.7 Å². The Hall–Kier alpha value is -0.120. The molecule has 1 fully saturated rings. The molecular weight excluding hydrogens is 250 g/mol. The van der Waals surface area contributed by atoms with Crippen LogP contribution in [0, 0.1) is 0 Å². The van der Waals surface area contributed by atoms with Crippen molar-refractivity contribution in [2.75, 3.05) is 13.2 Å². The summed E-state index contributed by atoms with van der Waals surface area (Å²) in [6, 6.07) is 0. The van der Waals surface area contributed by atoms with Crippen LogP contribution in [0.15, 0.2) is 0 Å². The lowest BCUT2D eigenvalue weighted by molar-refractivity contribution is -0.0971. The molecule has 0 unspecified atom stereocenters. The maximum Gasteiger partial charge on any atom is 0.0900 e. The molecular formula is C17H35NO2. The Kier molecular flexibility index (Phi) is 5.67. The Bertz CT molecular complexity index is 294. The van der Waals surface area contributed by atoms with Gasteiger partial charge in [0.25, 0.3) is 0 Å². The summed E-state index contributed by atoms with van der Waals surface area (Å²) in [7, 11) is 0. The van der Waals surface area contributed by atoms with Gasteiger partial charge >= 0.3 is 0 Å². The average molecular weight is 285 g/mol. The van der Waals surface area contributed by atoms with E-state index < -0.39 is 6.10 Å². The van der Waals surface area contributed by atoms with Gasteiger partial charge in [-0.25, -0.2) is 0 Å². The molecule has 1 N–H and O–H groups in total. The van der Waals surface area contributed by atoms with Crippen LogP contribution in [-0.2, 0) is 4.74 Å². The number of β-amino-alcohol motifs (C(OH)–C–C–N with tert-alkyl or cyclic N) is 1. The van der Waals surface area contributed by atoms with Crippen molar-refractivity contribution in [3.8, 4) is 0 Å². The van der Waals surface area contributed by atoms with Crippen molar-refractivity contribution in [1.29, 1.82) is 0 Å². The zero-order valence-electron chi connectivity index (χ0n) is 14.6. The van der Waals surface area contributed by atoms with Gasteiger partial charge in [-0.2, -0.15) is 0 Å². The summed E-state index contributed by atoms with van der Waals surface area (Å²) in [5.74, 6) is 0. The Labute approximate surface area is 125 Å². The third kappa shape index (κ3) is 4.71. The lowest BCUT2D eigenvalue weighted by Gasteiger charge is -2.53. The normalized spacial score (nSPS) is 24.6. The smallest absolute Gasteiger partial charge is 0.0900 e. The van der Waals surface area contributed by atoms with Crippen molar-refractivity contribution in [3.05, 3.63) is 0 Å². The number of hydrogen-bond donors (Lipinski definition) is 1. The third-order valence-electron chi connectivity index (χ3n) is 4.95. The van der Waals surface area contributed by atoms with E-state index in [0.717, 1.165) is 6.42 Å².